The Bertz CT molecular complexity index is 648. The van der Waals surface area contributed by atoms with Crippen molar-refractivity contribution in [1.29, 1.82) is 0 Å². The second kappa shape index (κ2) is 5.52. The molecule has 1 aliphatic heterocycles. The fourth-order valence-electron chi connectivity index (χ4n) is 2.49. The van der Waals surface area contributed by atoms with Crippen molar-refractivity contribution in [2.75, 3.05) is 6.61 Å². The molecule has 2 aromatic rings. The number of nitrogens with one attached hydrogen (secondary N) is 1. The summed E-state index contributed by atoms with van der Waals surface area (Å²) in [5.41, 5.74) is 5.28. The monoisotopic (exact) mass is 336 g/mol. The lowest BCUT2D eigenvalue weighted by molar-refractivity contribution is 0.357. The molecular weight excluding hydrogens is 323 g/mol. The normalized spacial score (nSPS) is 14.8. The van der Waals surface area contributed by atoms with Crippen LogP contribution in [-0.2, 0) is 6.42 Å². The van der Waals surface area contributed by atoms with Crippen LogP contribution < -0.4 is 16.0 Å². The van der Waals surface area contributed by atoms with E-state index in [2.05, 4.69) is 21.4 Å². The summed E-state index contributed by atoms with van der Waals surface area (Å²) in [7, 11) is 0. The zero-order valence-electron chi connectivity index (χ0n) is 10.7. The molecule has 5 heteroatoms. The molecule has 0 bridgehead atoms. The summed E-state index contributed by atoms with van der Waals surface area (Å²) >= 11 is 3.26. The Hall–Kier alpha value is -1.43. The van der Waals surface area contributed by atoms with E-state index in [0.717, 1.165) is 23.3 Å². The van der Waals surface area contributed by atoms with E-state index in [0.29, 0.717) is 16.6 Å². The zero-order valence-corrected chi connectivity index (χ0v) is 12.3. The van der Waals surface area contributed by atoms with Gasteiger partial charge in [-0.2, -0.15) is 0 Å². The Morgan fingerprint density at radius 2 is 2.10 bits per heavy atom. The fourth-order valence-corrected chi connectivity index (χ4v) is 2.82. The van der Waals surface area contributed by atoms with Crippen LogP contribution in [0.3, 0.4) is 0 Å². The summed E-state index contributed by atoms with van der Waals surface area (Å²) in [6.07, 6.45) is 0.878. The van der Waals surface area contributed by atoms with E-state index in [-0.39, 0.29) is 11.9 Å². The van der Waals surface area contributed by atoms with Gasteiger partial charge in [-0.05, 0) is 29.3 Å². The molecular formula is C15H14BrFN2O. The minimum Gasteiger partial charge on any atom is -0.493 e. The summed E-state index contributed by atoms with van der Waals surface area (Å²) < 4.78 is 20.3. The Morgan fingerprint density at radius 3 is 2.85 bits per heavy atom. The number of halogens is 2. The van der Waals surface area contributed by atoms with Crippen LogP contribution in [-0.4, -0.2) is 6.61 Å². The molecule has 0 fully saturated rings. The number of fused-ring (bicyclic) bond motifs is 1. The molecule has 0 amide bonds. The molecule has 0 saturated heterocycles. The molecule has 3 nitrogen and oxygen atoms in total. The second-order valence-electron chi connectivity index (χ2n) is 4.73. The minimum atomic E-state index is -0.381. The maximum atomic E-state index is 14.1. The van der Waals surface area contributed by atoms with Crippen LogP contribution in [0, 0.1) is 5.82 Å². The average molecular weight is 337 g/mol. The van der Waals surface area contributed by atoms with Crippen molar-refractivity contribution >= 4 is 15.9 Å². The fraction of sp³-hybridized carbons (Fsp3) is 0.200. The maximum Gasteiger partial charge on any atom is 0.129 e. The molecule has 0 spiro atoms. The molecule has 104 valence electrons. The van der Waals surface area contributed by atoms with E-state index in [9.17, 15) is 4.39 Å². The first kappa shape index (κ1) is 13.5. The number of hydrogen-bond donors (Lipinski definition) is 2. The highest BCUT2D eigenvalue weighted by atomic mass is 79.9. The molecule has 1 atom stereocenters. The molecule has 0 aromatic heterocycles. The van der Waals surface area contributed by atoms with Gasteiger partial charge in [0.1, 0.15) is 11.6 Å². The van der Waals surface area contributed by atoms with Crippen molar-refractivity contribution in [3.8, 4) is 5.75 Å². The summed E-state index contributed by atoms with van der Waals surface area (Å²) in [6.45, 7) is 0.701. The second-order valence-corrected chi connectivity index (χ2v) is 5.65. The lowest BCUT2D eigenvalue weighted by Gasteiger charge is -2.18. The third-order valence-corrected chi connectivity index (χ3v) is 3.98. The predicted molar refractivity (Wildman–Crippen MR) is 78.9 cm³/mol. The summed E-state index contributed by atoms with van der Waals surface area (Å²) in [6, 6.07) is 10.4. The van der Waals surface area contributed by atoms with E-state index in [1.54, 1.807) is 12.1 Å². The van der Waals surface area contributed by atoms with Gasteiger partial charge in [0.15, 0.2) is 0 Å². The molecule has 1 aliphatic rings. The van der Waals surface area contributed by atoms with E-state index in [4.69, 9.17) is 10.6 Å². The first-order valence-electron chi connectivity index (χ1n) is 6.36. The minimum absolute atomic E-state index is 0.293. The van der Waals surface area contributed by atoms with Gasteiger partial charge in [-0.25, -0.2) is 9.82 Å². The predicted octanol–water partition coefficient (Wildman–Crippen LogP) is 3.08. The summed E-state index contributed by atoms with van der Waals surface area (Å²) in [4.78, 5) is 0. The summed E-state index contributed by atoms with van der Waals surface area (Å²) in [5.74, 6) is 6.24. The molecule has 3 rings (SSSR count). The molecule has 1 unspecified atom stereocenters. The number of hydrogen-bond acceptors (Lipinski definition) is 3. The quantitative estimate of drug-likeness (QED) is 0.668. The number of hydrazine groups is 1. The molecule has 2 aromatic carbocycles. The van der Waals surface area contributed by atoms with E-state index in [1.807, 2.05) is 18.2 Å². The maximum absolute atomic E-state index is 14.1. The van der Waals surface area contributed by atoms with Crippen LogP contribution in [0.1, 0.15) is 22.7 Å². The largest absolute Gasteiger partial charge is 0.493 e. The smallest absolute Gasteiger partial charge is 0.129 e. The van der Waals surface area contributed by atoms with E-state index < -0.39 is 0 Å². The van der Waals surface area contributed by atoms with Crippen molar-refractivity contribution in [1.82, 2.24) is 5.43 Å². The Labute approximate surface area is 125 Å². The van der Waals surface area contributed by atoms with Crippen LogP contribution in [0.5, 0.6) is 5.75 Å². The van der Waals surface area contributed by atoms with Gasteiger partial charge in [-0.3, -0.25) is 5.84 Å². The zero-order chi connectivity index (χ0) is 14.1. The number of ether oxygens (including phenoxy) is 1. The van der Waals surface area contributed by atoms with Gasteiger partial charge in [-0.1, -0.05) is 34.1 Å². The number of benzene rings is 2. The van der Waals surface area contributed by atoms with Gasteiger partial charge >= 0.3 is 0 Å². The number of rotatable bonds is 3. The first-order chi connectivity index (χ1) is 9.69. The summed E-state index contributed by atoms with van der Waals surface area (Å²) in [5, 5.41) is 0. The Morgan fingerprint density at radius 1 is 1.25 bits per heavy atom. The van der Waals surface area contributed by atoms with Crippen molar-refractivity contribution < 1.29 is 9.13 Å². The van der Waals surface area contributed by atoms with Gasteiger partial charge < -0.3 is 4.74 Å². The Kier molecular flexibility index (Phi) is 3.74. The van der Waals surface area contributed by atoms with Crippen LogP contribution in [0.2, 0.25) is 0 Å². The lowest BCUT2D eigenvalue weighted by atomic mass is 9.96. The highest BCUT2D eigenvalue weighted by Crippen LogP contribution is 2.31. The molecule has 3 N–H and O–H groups in total. The molecule has 0 radical (unpaired) electrons. The first-order valence-corrected chi connectivity index (χ1v) is 7.15. The van der Waals surface area contributed by atoms with Crippen molar-refractivity contribution in [2.24, 2.45) is 5.84 Å². The van der Waals surface area contributed by atoms with Gasteiger partial charge in [-0.15, -0.1) is 0 Å². The number of nitrogens with two attached hydrogens (primary N) is 1. The van der Waals surface area contributed by atoms with Crippen LogP contribution >= 0.6 is 15.9 Å². The lowest BCUT2D eigenvalue weighted by Crippen LogP contribution is -2.29. The Balaban J connectivity index is 2.01. The SMILES string of the molecule is NNC(c1ccc2c(c1)CCO2)c1ccc(Br)cc1F. The third-order valence-electron chi connectivity index (χ3n) is 3.49. The highest BCUT2D eigenvalue weighted by molar-refractivity contribution is 9.10. The van der Waals surface area contributed by atoms with Crippen LogP contribution in [0.4, 0.5) is 4.39 Å². The molecule has 1 heterocycles. The molecule has 0 aliphatic carbocycles. The van der Waals surface area contributed by atoms with Crippen LogP contribution in [0.15, 0.2) is 40.9 Å². The van der Waals surface area contributed by atoms with Gasteiger partial charge in [0, 0.05) is 16.5 Å². The van der Waals surface area contributed by atoms with Gasteiger partial charge in [0.05, 0.1) is 12.6 Å². The van der Waals surface area contributed by atoms with Crippen molar-refractivity contribution in [2.45, 2.75) is 12.5 Å². The van der Waals surface area contributed by atoms with Crippen molar-refractivity contribution in [3.63, 3.8) is 0 Å². The van der Waals surface area contributed by atoms with Crippen molar-refractivity contribution in [3.05, 3.63) is 63.4 Å². The van der Waals surface area contributed by atoms with E-state index in [1.165, 1.54) is 6.07 Å². The van der Waals surface area contributed by atoms with Gasteiger partial charge in [0.25, 0.3) is 0 Å². The van der Waals surface area contributed by atoms with Crippen LogP contribution in [0.25, 0.3) is 0 Å². The van der Waals surface area contributed by atoms with E-state index >= 15 is 0 Å². The standard InChI is InChI=1S/C15H14BrFN2O/c16-11-2-3-12(13(17)8-11)15(19-18)10-1-4-14-9(7-10)5-6-20-14/h1-4,7-8,15,19H,5-6,18H2. The molecule has 0 saturated carbocycles. The third kappa shape index (κ3) is 2.44. The topological polar surface area (TPSA) is 47.3 Å². The highest BCUT2D eigenvalue weighted by Gasteiger charge is 2.20. The van der Waals surface area contributed by atoms with Gasteiger partial charge in [0.2, 0.25) is 0 Å². The molecule has 20 heavy (non-hydrogen) atoms. The average Bonchev–Trinajstić information content (AvgIpc) is 2.89.